The summed E-state index contributed by atoms with van der Waals surface area (Å²) >= 11 is 0. The van der Waals surface area contributed by atoms with Crippen molar-refractivity contribution in [3.8, 4) is 0 Å². The molecule has 0 bridgehead atoms. The van der Waals surface area contributed by atoms with Gasteiger partial charge in [-0.25, -0.2) is 13.2 Å². The second-order valence-corrected chi connectivity index (χ2v) is 8.67. The van der Waals surface area contributed by atoms with Crippen molar-refractivity contribution in [2.24, 2.45) is 11.3 Å². The number of hydrogen-bond acceptors (Lipinski definition) is 5. The Kier molecular flexibility index (Phi) is 3.55. The van der Waals surface area contributed by atoms with E-state index >= 15 is 0 Å². The van der Waals surface area contributed by atoms with Crippen molar-refractivity contribution in [3.05, 3.63) is 0 Å². The first-order valence-electron chi connectivity index (χ1n) is 6.50. The molecule has 7 heteroatoms. The van der Waals surface area contributed by atoms with Crippen LogP contribution in [-0.2, 0) is 14.6 Å². The molecule has 2 saturated heterocycles. The monoisotopic (exact) mass is 290 g/mol. The smallest absolute Gasteiger partial charge is 0.407 e. The highest BCUT2D eigenvalue weighted by Gasteiger charge is 2.55. The predicted molar refractivity (Wildman–Crippen MR) is 71.7 cm³/mol. The van der Waals surface area contributed by atoms with Gasteiger partial charge in [0.1, 0.15) is 5.60 Å². The maximum atomic E-state index is 11.6. The van der Waals surface area contributed by atoms with E-state index in [-0.39, 0.29) is 22.8 Å². The number of hydrogen-bond donors (Lipinski definition) is 2. The van der Waals surface area contributed by atoms with Crippen LogP contribution in [0.25, 0.3) is 0 Å². The Bertz CT molecular complexity index is 455. The molecular weight excluding hydrogens is 268 g/mol. The molecule has 110 valence electrons. The van der Waals surface area contributed by atoms with Gasteiger partial charge >= 0.3 is 6.09 Å². The minimum Gasteiger partial charge on any atom is -0.444 e. The van der Waals surface area contributed by atoms with Gasteiger partial charge in [-0.2, -0.15) is 0 Å². The van der Waals surface area contributed by atoms with Crippen LogP contribution in [0.1, 0.15) is 20.8 Å². The summed E-state index contributed by atoms with van der Waals surface area (Å²) in [6, 6.07) is 0. The number of carbonyl (C=O) groups is 1. The molecule has 0 aromatic heterocycles. The molecule has 1 spiro atoms. The van der Waals surface area contributed by atoms with Crippen molar-refractivity contribution in [1.29, 1.82) is 0 Å². The number of nitrogens with one attached hydrogen (secondary N) is 2. The first kappa shape index (κ1) is 14.6. The largest absolute Gasteiger partial charge is 0.444 e. The van der Waals surface area contributed by atoms with E-state index in [0.29, 0.717) is 13.1 Å². The van der Waals surface area contributed by atoms with Crippen molar-refractivity contribution in [2.45, 2.75) is 26.4 Å². The van der Waals surface area contributed by atoms with E-state index in [4.69, 9.17) is 4.74 Å². The molecule has 2 aliphatic rings. The van der Waals surface area contributed by atoms with Gasteiger partial charge in [-0.3, -0.25) is 0 Å². The summed E-state index contributed by atoms with van der Waals surface area (Å²) in [5.41, 5.74) is -0.705. The first-order valence-corrected chi connectivity index (χ1v) is 8.32. The third-order valence-corrected chi connectivity index (χ3v) is 5.67. The second-order valence-electron chi connectivity index (χ2n) is 6.61. The minimum atomic E-state index is -2.86. The van der Waals surface area contributed by atoms with Crippen LogP contribution in [0.2, 0.25) is 0 Å². The zero-order valence-corrected chi connectivity index (χ0v) is 12.5. The molecular formula is C12H22N2O4S. The van der Waals surface area contributed by atoms with E-state index in [2.05, 4.69) is 10.6 Å². The number of ether oxygens (including phenoxy) is 1. The molecule has 0 radical (unpaired) electrons. The van der Waals surface area contributed by atoms with E-state index in [1.807, 2.05) is 20.8 Å². The third-order valence-electron chi connectivity index (χ3n) is 3.64. The fourth-order valence-electron chi connectivity index (χ4n) is 2.84. The van der Waals surface area contributed by atoms with Crippen LogP contribution in [0.3, 0.4) is 0 Å². The van der Waals surface area contributed by atoms with Gasteiger partial charge < -0.3 is 15.4 Å². The quantitative estimate of drug-likeness (QED) is 0.756. The predicted octanol–water partition coefficient (Wildman–Crippen LogP) is 0.145. The van der Waals surface area contributed by atoms with E-state index in [1.165, 1.54) is 0 Å². The number of rotatable bonds is 2. The zero-order chi connectivity index (χ0) is 14.3. The average Bonchev–Trinajstić information content (AvgIpc) is 2.53. The van der Waals surface area contributed by atoms with Gasteiger partial charge in [0.15, 0.2) is 9.84 Å². The summed E-state index contributed by atoms with van der Waals surface area (Å²) in [5.74, 6) is 0.616. The summed E-state index contributed by atoms with van der Waals surface area (Å²) in [7, 11) is -2.86. The molecule has 2 fully saturated rings. The molecule has 0 aromatic carbocycles. The lowest BCUT2D eigenvalue weighted by Gasteiger charge is -2.41. The SMILES string of the molecule is CC(C)(C)OC(=O)NCC1CNCC12CS(=O)(=O)C2. The summed E-state index contributed by atoms with van der Waals surface area (Å²) in [6.07, 6.45) is -0.447. The maximum Gasteiger partial charge on any atom is 0.407 e. The number of amides is 1. The first-order chi connectivity index (χ1) is 8.62. The highest BCUT2D eigenvalue weighted by Crippen LogP contribution is 2.42. The number of carbonyl (C=O) groups excluding carboxylic acids is 1. The molecule has 0 saturated carbocycles. The Morgan fingerprint density at radius 2 is 2.05 bits per heavy atom. The highest BCUT2D eigenvalue weighted by atomic mass is 32.2. The van der Waals surface area contributed by atoms with Gasteiger partial charge in [0.2, 0.25) is 0 Å². The molecule has 6 nitrogen and oxygen atoms in total. The molecule has 0 aromatic rings. The summed E-state index contributed by atoms with van der Waals surface area (Å²) < 4.78 is 27.9. The molecule has 1 unspecified atom stereocenters. The topological polar surface area (TPSA) is 84.5 Å². The highest BCUT2D eigenvalue weighted by molar-refractivity contribution is 7.92. The van der Waals surface area contributed by atoms with Gasteiger partial charge in [0.25, 0.3) is 0 Å². The molecule has 1 atom stereocenters. The Morgan fingerprint density at radius 1 is 1.42 bits per heavy atom. The van der Waals surface area contributed by atoms with E-state index in [1.54, 1.807) is 0 Å². The average molecular weight is 290 g/mol. The van der Waals surface area contributed by atoms with Gasteiger partial charge in [0.05, 0.1) is 11.5 Å². The van der Waals surface area contributed by atoms with Crippen LogP contribution in [-0.4, -0.2) is 51.3 Å². The molecule has 2 N–H and O–H groups in total. The molecule has 19 heavy (non-hydrogen) atoms. The Balaban J connectivity index is 1.85. The van der Waals surface area contributed by atoms with E-state index < -0.39 is 21.5 Å². The van der Waals surface area contributed by atoms with Crippen LogP contribution < -0.4 is 10.6 Å². The standard InChI is InChI=1S/C12H22N2O4S/c1-11(2,3)18-10(15)14-5-9-4-13-6-12(9)7-19(16,17)8-12/h9,13H,4-8H2,1-3H3,(H,14,15). The maximum absolute atomic E-state index is 11.6. The van der Waals surface area contributed by atoms with Gasteiger partial charge in [-0.1, -0.05) is 0 Å². The van der Waals surface area contributed by atoms with Crippen LogP contribution in [0, 0.1) is 11.3 Å². The lowest BCUT2D eigenvalue weighted by atomic mass is 9.80. The summed E-state index contributed by atoms with van der Waals surface area (Å²) in [5, 5.41) is 5.95. The molecule has 2 heterocycles. The van der Waals surface area contributed by atoms with Crippen molar-refractivity contribution in [3.63, 3.8) is 0 Å². The normalized spacial score (nSPS) is 27.8. The van der Waals surface area contributed by atoms with Gasteiger partial charge in [-0.15, -0.1) is 0 Å². The number of alkyl carbamates (subject to hydrolysis) is 1. The van der Waals surface area contributed by atoms with Crippen LogP contribution >= 0.6 is 0 Å². The van der Waals surface area contributed by atoms with E-state index in [0.717, 1.165) is 6.54 Å². The fourth-order valence-corrected chi connectivity index (χ4v) is 5.18. The third kappa shape index (κ3) is 3.39. The van der Waals surface area contributed by atoms with Crippen molar-refractivity contribution in [2.75, 3.05) is 31.1 Å². The van der Waals surface area contributed by atoms with Crippen molar-refractivity contribution in [1.82, 2.24) is 10.6 Å². The Hall–Kier alpha value is -0.820. The van der Waals surface area contributed by atoms with Crippen LogP contribution in [0.4, 0.5) is 4.79 Å². The Labute approximate surface area is 114 Å². The van der Waals surface area contributed by atoms with Gasteiger partial charge in [0, 0.05) is 25.0 Å². The van der Waals surface area contributed by atoms with E-state index in [9.17, 15) is 13.2 Å². The Morgan fingerprint density at radius 3 is 2.58 bits per heavy atom. The minimum absolute atomic E-state index is 0.156. The number of sulfone groups is 1. The lowest BCUT2D eigenvalue weighted by Crippen LogP contribution is -2.55. The fraction of sp³-hybridized carbons (Fsp3) is 0.917. The second kappa shape index (κ2) is 4.63. The zero-order valence-electron chi connectivity index (χ0n) is 11.7. The summed E-state index contributed by atoms with van der Waals surface area (Å²) in [4.78, 5) is 11.6. The molecule has 1 amide bonds. The molecule has 2 rings (SSSR count). The van der Waals surface area contributed by atoms with Crippen molar-refractivity contribution < 1.29 is 17.9 Å². The van der Waals surface area contributed by atoms with Crippen LogP contribution in [0.5, 0.6) is 0 Å². The summed E-state index contributed by atoms with van der Waals surface area (Å²) in [6.45, 7) is 7.34. The molecule has 0 aliphatic carbocycles. The van der Waals surface area contributed by atoms with Crippen molar-refractivity contribution >= 4 is 15.9 Å². The lowest BCUT2D eigenvalue weighted by molar-refractivity contribution is 0.0511. The van der Waals surface area contributed by atoms with Gasteiger partial charge in [-0.05, 0) is 26.7 Å². The van der Waals surface area contributed by atoms with Crippen LogP contribution in [0.15, 0.2) is 0 Å². The molecule has 2 aliphatic heterocycles.